The number of nitrogens with one attached hydrogen (secondary N) is 1. The Hall–Kier alpha value is -0.610. The van der Waals surface area contributed by atoms with Gasteiger partial charge in [-0.25, -0.2) is 5.48 Å². The molecule has 4 nitrogen and oxygen atoms in total. The first-order valence-corrected chi connectivity index (χ1v) is 5.81. The fourth-order valence-electron chi connectivity index (χ4n) is 1.89. The highest BCUT2D eigenvalue weighted by molar-refractivity contribution is 5.84. The maximum absolute atomic E-state index is 11.7. The zero-order chi connectivity index (χ0) is 11.3. The van der Waals surface area contributed by atoms with E-state index in [9.17, 15) is 4.79 Å². The van der Waals surface area contributed by atoms with Crippen LogP contribution in [0.25, 0.3) is 0 Å². The highest BCUT2D eigenvalue weighted by Gasteiger charge is 2.28. The molecule has 1 atom stereocenters. The fourth-order valence-corrected chi connectivity index (χ4v) is 1.89. The van der Waals surface area contributed by atoms with Gasteiger partial charge < -0.3 is 5.73 Å². The van der Waals surface area contributed by atoms with Gasteiger partial charge >= 0.3 is 0 Å². The van der Waals surface area contributed by atoms with Crippen molar-refractivity contribution in [2.45, 2.75) is 64.0 Å². The van der Waals surface area contributed by atoms with Crippen LogP contribution in [0.5, 0.6) is 0 Å². The summed E-state index contributed by atoms with van der Waals surface area (Å²) in [6.07, 6.45) is 6.21. The van der Waals surface area contributed by atoms with Crippen molar-refractivity contribution in [3.8, 4) is 0 Å². The average Bonchev–Trinajstić information content (AvgIpc) is 2.66. The number of carbonyl (C=O) groups excluding carboxylic acids is 1. The van der Waals surface area contributed by atoms with Crippen molar-refractivity contribution in [2.75, 3.05) is 0 Å². The maximum Gasteiger partial charge on any atom is 0.263 e. The van der Waals surface area contributed by atoms with Crippen molar-refractivity contribution in [1.29, 1.82) is 0 Å². The van der Waals surface area contributed by atoms with Crippen molar-refractivity contribution < 1.29 is 9.63 Å². The molecule has 1 unspecified atom stereocenters. The molecule has 1 aliphatic rings. The number of carbonyl (C=O) groups is 1. The van der Waals surface area contributed by atoms with E-state index in [2.05, 4.69) is 5.48 Å². The van der Waals surface area contributed by atoms with E-state index >= 15 is 0 Å². The Labute approximate surface area is 91.5 Å². The first-order valence-electron chi connectivity index (χ1n) is 5.81. The van der Waals surface area contributed by atoms with Crippen molar-refractivity contribution in [2.24, 2.45) is 5.73 Å². The van der Waals surface area contributed by atoms with Crippen LogP contribution in [-0.4, -0.2) is 17.6 Å². The van der Waals surface area contributed by atoms with Crippen LogP contribution in [0.1, 0.15) is 52.4 Å². The normalized spacial score (nSPS) is 21.3. The number of hydroxylamine groups is 1. The van der Waals surface area contributed by atoms with Crippen LogP contribution in [0.15, 0.2) is 0 Å². The Balaban J connectivity index is 2.27. The van der Waals surface area contributed by atoms with Crippen LogP contribution in [-0.2, 0) is 9.63 Å². The monoisotopic (exact) mass is 214 g/mol. The minimum Gasteiger partial charge on any atom is -0.318 e. The summed E-state index contributed by atoms with van der Waals surface area (Å²) in [5.74, 6) is -0.212. The lowest BCUT2D eigenvalue weighted by molar-refractivity contribution is -0.143. The van der Waals surface area contributed by atoms with Gasteiger partial charge in [0.15, 0.2) is 0 Å². The molecule has 0 radical (unpaired) electrons. The molecule has 3 N–H and O–H groups in total. The summed E-state index contributed by atoms with van der Waals surface area (Å²) < 4.78 is 0. The van der Waals surface area contributed by atoms with E-state index in [1.54, 1.807) is 6.92 Å². The zero-order valence-corrected chi connectivity index (χ0v) is 9.71. The summed E-state index contributed by atoms with van der Waals surface area (Å²) in [6, 6.07) is 0. The van der Waals surface area contributed by atoms with Gasteiger partial charge in [0.2, 0.25) is 0 Å². The van der Waals surface area contributed by atoms with Gasteiger partial charge in [-0.15, -0.1) is 0 Å². The van der Waals surface area contributed by atoms with Crippen LogP contribution in [0.4, 0.5) is 0 Å². The van der Waals surface area contributed by atoms with Gasteiger partial charge in [-0.05, 0) is 26.2 Å². The molecule has 0 bridgehead atoms. The average molecular weight is 214 g/mol. The van der Waals surface area contributed by atoms with Crippen LogP contribution in [0, 0.1) is 0 Å². The van der Waals surface area contributed by atoms with E-state index in [0.29, 0.717) is 6.42 Å². The molecule has 0 aromatic rings. The van der Waals surface area contributed by atoms with E-state index in [1.807, 2.05) is 6.92 Å². The van der Waals surface area contributed by atoms with Gasteiger partial charge in [0.25, 0.3) is 5.91 Å². The second-order valence-electron chi connectivity index (χ2n) is 4.62. The second kappa shape index (κ2) is 5.47. The Kier molecular flexibility index (Phi) is 4.54. The first kappa shape index (κ1) is 12.5. The molecule has 0 aromatic carbocycles. The van der Waals surface area contributed by atoms with E-state index in [4.69, 9.17) is 10.6 Å². The van der Waals surface area contributed by atoms with E-state index in [-0.39, 0.29) is 12.0 Å². The van der Waals surface area contributed by atoms with Crippen molar-refractivity contribution in [3.63, 3.8) is 0 Å². The van der Waals surface area contributed by atoms with Gasteiger partial charge in [-0.1, -0.05) is 26.2 Å². The Bertz CT molecular complexity index is 211. The molecule has 0 saturated heterocycles. The number of rotatable bonds is 5. The third-order valence-electron chi connectivity index (χ3n) is 2.91. The van der Waals surface area contributed by atoms with Crippen molar-refractivity contribution >= 4 is 5.91 Å². The van der Waals surface area contributed by atoms with Gasteiger partial charge in [0.1, 0.15) is 0 Å². The predicted molar refractivity (Wildman–Crippen MR) is 59.0 cm³/mol. The number of amides is 1. The summed E-state index contributed by atoms with van der Waals surface area (Å²) in [4.78, 5) is 17.0. The second-order valence-corrected chi connectivity index (χ2v) is 4.62. The van der Waals surface area contributed by atoms with E-state index in [1.165, 1.54) is 12.8 Å². The number of hydrogen-bond acceptors (Lipinski definition) is 3. The Morgan fingerprint density at radius 3 is 2.67 bits per heavy atom. The van der Waals surface area contributed by atoms with Crippen molar-refractivity contribution in [1.82, 2.24) is 5.48 Å². The summed E-state index contributed by atoms with van der Waals surface area (Å²) in [7, 11) is 0. The summed E-state index contributed by atoms with van der Waals surface area (Å²) in [6.45, 7) is 3.75. The fraction of sp³-hybridized carbons (Fsp3) is 0.909. The molecule has 88 valence electrons. The largest absolute Gasteiger partial charge is 0.318 e. The molecule has 1 fully saturated rings. The molecule has 1 amide bonds. The smallest absolute Gasteiger partial charge is 0.263 e. The molecule has 0 spiro atoms. The standard InChI is InChI=1S/C11H22N2O2/c1-3-8-11(2,12)10(14)13-15-9-6-4-5-7-9/h9H,3-8,12H2,1-2H3,(H,13,14). The van der Waals surface area contributed by atoms with Gasteiger partial charge in [-0.3, -0.25) is 9.63 Å². The van der Waals surface area contributed by atoms with Gasteiger partial charge in [0, 0.05) is 0 Å². The summed E-state index contributed by atoms with van der Waals surface area (Å²) in [5, 5.41) is 0. The van der Waals surface area contributed by atoms with E-state index < -0.39 is 5.54 Å². The molecule has 1 saturated carbocycles. The Morgan fingerprint density at radius 1 is 1.53 bits per heavy atom. The SMILES string of the molecule is CCCC(C)(N)C(=O)NOC1CCCC1. The topological polar surface area (TPSA) is 64.4 Å². The molecule has 0 aromatic heterocycles. The molecule has 15 heavy (non-hydrogen) atoms. The molecule has 1 aliphatic carbocycles. The lowest BCUT2D eigenvalue weighted by atomic mass is 9.97. The summed E-state index contributed by atoms with van der Waals surface area (Å²) in [5.41, 5.74) is 7.54. The van der Waals surface area contributed by atoms with Gasteiger partial charge in [-0.2, -0.15) is 0 Å². The third-order valence-corrected chi connectivity index (χ3v) is 2.91. The number of nitrogens with two attached hydrogens (primary N) is 1. The minimum atomic E-state index is -0.812. The molecule has 4 heteroatoms. The molecule has 1 rings (SSSR count). The molecular weight excluding hydrogens is 192 g/mol. The number of hydrogen-bond donors (Lipinski definition) is 2. The quantitative estimate of drug-likeness (QED) is 0.681. The molecule has 0 aliphatic heterocycles. The molecule has 0 heterocycles. The maximum atomic E-state index is 11.7. The first-order chi connectivity index (χ1) is 7.06. The van der Waals surface area contributed by atoms with Crippen LogP contribution < -0.4 is 11.2 Å². The predicted octanol–water partition coefficient (Wildman–Crippen LogP) is 1.49. The lowest BCUT2D eigenvalue weighted by Gasteiger charge is -2.23. The molecular formula is C11H22N2O2. The van der Waals surface area contributed by atoms with Crippen LogP contribution in [0.3, 0.4) is 0 Å². The lowest BCUT2D eigenvalue weighted by Crippen LogP contribution is -2.52. The zero-order valence-electron chi connectivity index (χ0n) is 9.71. The van der Waals surface area contributed by atoms with Crippen molar-refractivity contribution in [3.05, 3.63) is 0 Å². The van der Waals surface area contributed by atoms with Crippen LogP contribution >= 0.6 is 0 Å². The Morgan fingerprint density at radius 2 is 2.13 bits per heavy atom. The van der Waals surface area contributed by atoms with E-state index in [0.717, 1.165) is 19.3 Å². The van der Waals surface area contributed by atoms with Crippen LogP contribution in [0.2, 0.25) is 0 Å². The highest BCUT2D eigenvalue weighted by atomic mass is 16.7. The summed E-state index contributed by atoms with van der Waals surface area (Å²) >= 11 is 0. The highest BCUT2D eigenvalue weighted by Crippen LogP contribution is 2.20. The van der Waals surface area contributed by atoms with Gasteiger partial charge in [0.05, 0.1) is 11.6 Å². The minimum absolute atomic E-state index is 0.186. The third kappa shape index (κ3) is 3.80.